The number of pyridine rings is 1. The molecule has 0 atom stereocenters. The lowest BCUT2D eigenvalue weighted by molar-refractivity contribution is -0.0340. The number of carbonyl (C=O) groups is 1. The number of hydrogen-bond acceptors (Lipinski definition) is 5. The second-order valence-corrected chi connectivity index (χ2v) is 7.70. The summed E-state index contributed by atoms with van der Waals surface area (Å²) in [5.74, 6) is -1.58. The van der Waals surface area contributed by atoms with E-state index in [-0.39, 0.29) is 5.78 Å². The number of halogens is 2. The standard InChI is InChI=1S/C22H25F2N3O2/c23-18-5-4-17(15-19(18)24)16-26-9-11-27(12-10-26)22(6-13-29-14-7-22)21(28)20-3-1-2-8-25-20/h1-5,8,15H,6-7,9-14,16H2. The van der Waals surface area contributed by atoms with Gasteiger partial charge in [-0.3, -0.25) is 19.6 Å². The molecule has 0 bridgehead atoms. The zero-order valence-corrected chi connectivity index (χ0v) is 16.3. The molecule has 29 heavy (non-hydrogen) atoms. The molecule has 0 unspecified atom stereocenters. The van der Waals surface area contributed by atoms with Gasteiger partial charge in [0.1, 0.15) is 5.69 Å². The smallest absolute Gasteiger partial charge is 0.201 e. The largest absolute Gasteiger partial charge is 0.381 e. The van der Waals surface area contributed by atoms with Crippen LogP contribution in [0.1, 0.15) is 28.9 Å². The summed E-state index contributed by atoms with van der Waals surface area (Å²) in [4.78, 5) is 22.2. The Hall–Kier alpha value is -2.22. The number of aromatic nitrogens is 1. The normalized spacial score (nSPS) is 20.5. The van der Waals surface area contributed by atoms with Crippen molar-refractivity contribution in [2.45, 2.75) is 24.9 Å². The van der Waals surface area contributed by atoms with Gasteiger partial charge in [-0.2, -0.15) is 0 Å². The molecular formula is C22H25F2N3O2. The minimum atomic E-state index is -0.826. The Morgan fingerprint density at radius 3 is 2.45 bits per heavy atom. The van der Waals surface area contributed by atoms with Crippen LogP contribution in [0, 0.1) is 11.6 Å². The van der Waals surface area contributed by atoms with Gasteiger partial charge in [0, 0.05) is 52.1 Å². The van der Waals surface area contributed by atoms with Crippen LogP contribution in [-0.4, -0.2) is 65.5 Å². The Balaban J connectivity index is 1.45. The zero-order chi connectivity index (χ0) is 20.3. The van der Waals surface area contributed by atoms with Crippen LogP contribution in [0.25, 0.3) is 0 Å². The molecule has 154 valence electrons. The number of Topliss-reactive ketones (excluding diaryl/α,β-unsaturated/α-hetero) is 1. The van der Waals surface area contributed by atoms with Crippen LogP contribution in [0.15, 0.2) is 42.6 Å². The molecule has 3 heterocycles. The number of piperazine rings is 1. The van der Waals surface area contributed by atoms with Crippen molar-refractivity contribution >= 4 is 5.78 Å². The number of nitrogens with zero attached hydrogens (tertiary/aromatic N) is 3. The highest BCUT2D eigenvalue weighted by molar-refractivity contribution is 6.01. The predicted octanol–water partition coefficient (Wildman–Crippen LogP) is 2.91. The Kier molecular flexibility index (Phi) is 5.99. The Morgan fingerprint density at radius 2 is 1.79 bits per heavy atom. The summed E-state index contributed by atoms with van der Waals surface area (Å²) in [6.45, 7) is 4.69. The molecule has 2 aromatic rings. The maximum Gasteiger partial charge on any atom is 0.201 e. The third-order valence-electron chi connectivity index (χ3n) is 6.01. The first-order chi connectivity index (χ1) is 14.1. The quantitative estimate of drug-likeness (QED) is 0.721. The monoisotopic (exact) mass is 401 g/mol. The highest BCUT2D eigenvalue weighted by Gasteiger charge is 2.46. The third kappa shape index (κ3) is 4.22. The first-order valence-corrected chi connectivity index (χ1v) is 10.0. The van der Waals surface area contributed by atoms with Crippen molar-refractivity contribution in [1.29, 1.82) is 0 Å². The Bertz CT molecular complexity index is 848. The molecule has 0 spiro atoms. The fraction of sp³-hybridized carbons (Fsp3) is 0.455. The third-order valence-corrected chi connectivity index (χ3v) is 6.01. The highest BCUT2D eigenvalue weighted by Crippen LogP contribution is 2.32. The lowest BCUT2D eigenvalue weighted by Crippen LogP contribution is -2.62. The van der Waals surface area contributed by atoms with Gasteiger partial charge in [0.05, 0.1) is 5.54 Å². The topological polar surface area (TPSA) is 45.7 Å². The summed E-state index contributed by atoms with van der Waals surface area (Å²) in [5, 5.41) is 0. The van der Waals surface area contributed by atoms with Gasteiger partial charge in [0.15, 0.2) is 11.6 Å². The first kappa shape index (κ1) is 20.1. The van der Waals surface area contributed by atoms with E-state index >= 15 is 0 Å². The number of hydrogen-bond donors (Lipinski definition) is 0. The van der Waals surface area contributed by atoms with Crippen molar-refractivity contribution in [3.05, 3.63) is 65.5 Å². The van der Waals surface area contributed by atoms with Crippen molar-refractivity contribution in [1.82, 2.24) is 14.8 Å². The second kappa shape index (κ2) is 8.65. The van der Waals surface area contributed by atoms with Crippen LogP contribution < -0.4 is 0 Å². The molecule has 2 fully saturated rings. The highest BCUT2D eigenvalue weighted by atomic mass is 19.2. The minimum Gasteiger partial charge on any atom is -0.381 e. The summed E-state index contributed by atoms with van der Waals surface area (Å²) in [6, 6.07) is 9.47. The van der Waals surface area contributed by atoms with Crippen molar-refractivity contribution in [2.75, 3.05) is 39.4 Å². The van der Waals surface area contributed by atoms with E-state index < -0.39 is 17.2 Å². The molecule has 2 saturated heterocycles. The molecule has 1 aromatic carbocycles. The van der Waals surface area contributed by atoms with Crippen molar-refractivity contribution in [3.63, 3.8) is 0 Å². The van der Waals surface area contributed by atoms with Gasteiger partial charge in [-0.25, -0.2) is 8.78 Å². The van der Waals surface area contributed by atoms with Crippen LogP contribution >= 0.6 is 0 Å². The average Bonchev–Trinajstić information content (AvgIpc) is 2.77. The van der Waals surface area contributed by atoms with E-state index in [0.29, 0.717) is 38.3 Å². The van der Waals surface area contributed by atoms with E-state index in [9.17, 15) is 13.6 Å². The zero-order valence-electron chi connectivity index (χ0n) is 16.3. The summed E-state index contributed by atoms with van der Waals surface area (Å²) in [7, 11) is 0. The van der Waals surface area contributed by atoms with Crippen molar-refractivity contribution in [3.8, 4) is 0 Å². The fourth-order valence-corrected chi connectivity index (χ4v) is 4.36. The van der Waals surface area contributed by atoms with Crippen LogP contribution in [0.5, 0.6) is 0 Å². The maximum atomic E-state index is 13.5. The van der Waals surface area contributed by atoms with Crippen LogP contribution in [0.4, 0.5) is 8.78 Å². The van der Waals surface area contributed by atoms with E-state index in [1.54, 1.807) is 18.3 Å². The summed E-state index contributed by atoms with van der Waals surface area (Å²) in [6.07, 6.45) is 2.97. The molecule has 2 aliphatic rings. The van der Waals surface area contributed by atoms with Gasteiger partial charge in [-0.05, 0) is 42.7 Å². The van der Waals surface area contributed by atoms with E-state index in [2.05, 4.69) is 14.8 Å². The SMILES string of the molecule is O=C(c1ccccn1)C1(N2CCN(Cc3ccc(F)c(F)c3)CC2)CCOCC1. The number of ether oxygens (including phenoxy) is 1. The van der Waals surface area contributed by atoms with E-state index in [4.69, 9.17) is 4.74 Å². The Morgan fingerprint density at radius 1 is 1.03 bits per heavy atom. The number of ketones is 1. The first-order valence-electron chi connectivity index (χ1n) is 10.0. The lowest BCUT2D eigenvalue weighted by atomic mass is 9.81. The molecule has 5 nitrogen and oxygen atoms in total. The molecule has 7 heteroatoms. The lowest BCUT2D eigenvalue weighted by Gasteiger charge is -2.48. The second-order valence-electron chi connectivity index (χ2n) is 7.70. The molecule has 1 aromatic heterocycles. The molecule has 2 aliphatic heterocycles. The van der Waals surface area contributed by atoms with E-state index in [0.717, 1.165) is 31.7 Å². The van der Waals surface area contributed by atoms with Gasteiger partial charge in [0.2, 0.25) is 5.78 Å². The molecule has 0 N–H and O–H groups in total. The maximum absolute atomic E-state index is 13.5. The molecular weight excluding hydrogens is 376 g/mol. The molecule has 4 rings (SSSR count). The molecule has 0 amide bonds. The van der Waals surface area contributed by atoms with Crippen molar-refractivity contribution < 1.29 is 18.3 Å². The number of rotatable bonds is 5. The number of benzene rings is 1. The van der Waals surface area contributed by atoms with E-state index in [1.807, 2.05) is 12.1 Å². The predicted molar refractivity (Wildman–Crippen MR) is 105 cm³/mol. The summed E-state index contributed by atoms with van der Waals surface area (Å²) < 4.78 is 32.2. The van der Waals surface area contributed by atoms with Gasteiger partial charge in [0.25, 0.3) is 0 Å². The minimum absolute atomic E-state index is 0.0652. The summed E-state index contributed by atoms with van der Waals surface area (Å²) in [5.41, 5.74) is 0.669. The number of carbonyl (C=O) groups excluding carboxylic acids is 1. The summed E-state index contributed by atoms with van der Waals surface area (Å²) >= 11 is 0. The average molecular weight is 401 g/mol. The van der Waals surface area contributed by atoms with Crippen LogP contribution in [0.2, 0.25) is 0 Å². The van der Waals surface area contributed by atoms with Gasteiger partial charge in [-0.1, -0.05) is 12.1 Å². The van der Waals surface area contributed by atoms with Gasteiger partial charge < -0.3 is 4.74 Å². The molecule has 0 saturated carbocycles. The Labute approximate surface area is 169 Å². The molecule has 0 aliphatic carbocycles. The molecule has 0 radical (unpaired) electrons. The fourth-order valence-electron chi connectivity index (χ4n) is 4.36. The van der Waals surface area contributed by atoms with Gasteiger partial charge >= 0.3 is 0 Å². The van der Waals surface area contributed by atoms with Gasteiger partial charge in [-0.15, -0.1) is 0 Å². The van der Waals surface area contributed by atoms with E-state index in [1.165, 1.54) is 12.1 Å². The van der Waals surface area contributed by atoms with Crippen LogP contribution in [0.3, 0.4) is 0 Å². The van der Waals surface area contributed by atoms with Crippen LogP contribution in [-0.2, 0) is 11.3 Å². The van der Waals surface area contributed by atoms with Crippen molar-refractivity contribution in [2.24, 2.45) is 0 Å².